The number of ether oxygens (including phenoxy) is 1. The third-order valence-electron chi connectivity index (χ3n) is 3.60. The van der Waals surface area contributed by atoms with E-state index in [0.29, 0.717) is 29.0 Å². The first kappa shape index (κ1) is 13.8. The second-order valence-corrected chi connectivity index (χ2v) is 5.81. The number of carbonyl (C=O) groups excluding carboxylic acids is 1. The summed E-state index contributed by atoms with van der Waals surface area (Å²) in [4.78, 5) is 28.8. The molecule has 1 aromatic heterocycles. The number of esters is 1. The zero-order valence-corrected chi connectivity index (χ0v) is 12.3. The van der Waals surface area contributed by atoms with Gasteiger partial charge in [0, 0.05) is 13.0 Å². The van der Waals surface area contributed by atoms with Crippen molar-refractivity contribution >= 4 is 16.9 Å². The lowest BCUT2D eigenvalue weighted by Crippen LogP contribution is -2.21. The van der Waals surface area contributed by atoms with E-state index in [2.05, 4.69) is 4.98 Å². The summed E-state index contributed by atoms with van der Waals surface area (Å²) in [5, 5.41) is 0.557. The van der Waals surface area contributed by atoms with Crippen LogP contribution >= 0.6 is 0 Å². The minimum absolute atomic E-state index is 0.0189. The Labute approximate surface area is 122 Å². The van der Waals surface area contributed by atoms with Gasteiger partial charge in [0.25, 0.3) is 5.56 Å². The molecule has 110 valence electrons. The molecule has 0 amide bonds. The van der Waals surface area contributed by atoms with Crippen LogP contribution in [0.5, 0.6) is 0 Å². The second kappa shape index (κ2) is 5.31. The van der Waals surface area contributed by atoms with Crippen molar-refractivity contribution in [2.75, 3.05) is 6.61 Å². The number of hydrogen-bond donors (Lipinski definition) is 0. The highest BCUT2D eigenvalue weighted by atomic mass is 16.5. The molecule has 2 aromatic rings. The summed E-state index contributed by atoms with van der Waals surface area (Å²) in [6.45, 7) is 5.09. The highest BCUT2D eigenvalue weighted by Crippen LogP contribution is 2.16. The lowest BCUT2D eigenvalue weighted by molar-refractivity contribution is 0.0459. The number of hydrogen-bond acceptors (Lipinski definition) is 4. The molecule has 0 N–H and O–H groups in total. The SMILES string of the molecule is CC(C)COC(=O)c1ccc2c(=O)n3c(nc2c1)CCC3. The van der Waals surface area contributed by atoms with Gasteiger partial charge in [-0.25, -0.2) is 9.78 Å². The average Bonchev–Trinajstić information content (AvgIpc) is 2.93. The standard InChI is InChI=1S/C16H18N2O3/c1-10(2)9-21-16(20)11-5-6-12-13(8-11)17-14-4-3-7-18(14)15(12)19/h5-6,8,10H,3-4,7,9H2,1-2H3. The van der Waals surface area contributed by atoms with Gasteiger partial charge in [-0.15, -0.1) is 0 Å². The molecule has 0 spiro atoms. The molecule has 1 aromatic carbocycles. The first-order valence-electron chi connectivity index (χ1n) is 7.27. The average molecular weight is 286 g/mol. The van der Waals surface area contributed by atoms with E-state index in [4.69, 9.17) is 4.74 Å². The van der Waals surface area contributed by atoms with Gasteiger partial charge in [0.15, 0.2) is 0 Å². The van der Waals surface area contributed by atoms with Crippen LogP contribution in [0.3, 0.4) is 0 Å². The normalized spacial score (nSPS) is 13.7. The monoisotopic (exact) mass is 286 g/mol. The third kappa shape index (κ3) is 2.55. The molecular formula is C16H18N2O3. The Morgan fingerprint density at radius 1 is 1.43 bits per heavy atom. The van der Waals surface area contributed by atoms with Crippen LogP contribution in [0.4, 0.5) is 0 Å². The van der Waals surface area contributed by atoms with Crippen molar-refractivity contribution in [2.45, 2.75) is 33.2 Å². The predicted molar refractivity (Wildman–Crippen MR) is 79.4 cm³/mol. The summed E-state index contributed by atoms with van der Waals surface area (Å²) in [5.74, 6) is 0.730. The molecule has 5 heteroatoms. The van der Waals surface area contributed by atoms with E-state index in [1.165, 1.54) is 0 Å². The summed E-state index contributed by atoms with van der Waals surface area (Å²) in [6, 6.07) is 4.96. The molecule has 1 aliphatic heterocycles. The van der Waals surface area contributed by atoms with E-state index in [-0.39, 0.29) is 11.5 Å². The Morgan fingerprint density at radius 3 is 3.00 bits per heavy atom. The third-order valence-corrected chi connectivity index (χ3v) is 3.60. The number of aromatic nitrogens is 2. The molecule has 0 fully saturated rings. The first-order chi connectivity index (χ1) is 10.1. The lowest BCUT2D eigenvalue weighted by atomic mass is 10.1. The van der Waals surface area contributed by atoms with Gasteiger partial charge in [0.1, 0.15) is 5.82 Å². The minimum atomic E-state index is -0.368. The van der Waals surface area contributed by atoms with Gasteiger partial charge in [-0.2, -0.15) is 0 Å². The van der Waals surface area contributed by atoms with Crippen molar-refractivity contribution in [3.63, 3.8) is 0 Å². The first-order valence-corrected chi connectivity index (χ1v) is 7.27. The van der Waals surface area contributed by atoms with E-state index in [0.717, 1.165) is 25.2 Å². The summed E-state index contributed by atoms with van der Waals surface area (Å²) in [7, 11) is 0. The fourth-order valence-electron chi connectivity index (χ4n) is 2.54. The molecule has 0 unspecified atom stereocenters. The van der Waals surface area contributed by atoms with Gasteiger partial charge in [-0.1, -0.05) is 13.8 Å². The Bertz CT molecular complexity index is 762. The quantitative estimate of drug-likeness (QED) is 0.811. The Hall–Kier alpha value is -2.17. The smallest absolute Gasteiger partial charge is 0.338 e. The molecule has 0 saturated carbocycles. The molecule has 0 atom stereocenters. The summed E-state index contributed by atoms with van der Waals surface area (Å²) < 4.78 is 6.93. The van der Waals surface area contributed by atoms with Crippen LogP contribution in [0.2, 0.25) is 0 Å². The Morgan fingerprint density at radius 2 is 2.24 bits per heavy atom. The summed E-state index contributed by atoms with van der Waals surface area (Å²) in [6.07, 6.45) is 1.76. The van der Waals surface area contributed by atoms with Crippen molar-refractivity contribution in [3.05, 3.63) is 39.9 Å². The maximum absolute atomic E-state index is 12.3. The van der Waals surface area contributed by atoms with Crippen LogP contribution in [0.1, 0.15) is 36.5 Å². The Kier molecular flexibility index (Phi) is 3.49. The maximum Gasteiger partial charge on any atom is 0.338 e. The molecule has 3 rings (SSSR count). The van der Waals surface area contributed by atoms with Gasteiger partial charge in [-0.05, 0) is 30.5 Å². The predicted octanol–water partition coefficient (Wildman–Crippen LogP) is 2.16. The van der Waals surface area contributed by atoms with Gasteiger partial charge in [-0.3, -0.25) is 9.36 Å². The van der Waals surface area contributed by atoms with E-state index < -0.39 is 0 Å². The topological polar surface area (TPSA) is 61.2 Å². The van der Waals surface area contributed by atoms with Crippen LogP contribution in [0.15, 0.2) is 23.0 Å². The number of rotatable bonds is 3. The van der Waals surface area contributed by atoms with Gasteiger partial charge >= 0.3 is 5.97 Å². The molecular weight excluding hydrogens is 268 g/mol. The lowest BCUT2D eigenvalue weighted by Gasteiger charge is -2.08. The van der Waals surface area contributed by atoms with Crippen molar-refractivity contribution in [3.8, 4) is 0 Å². The van der Waals surface area contributed by atoms with Crippen LogP contribution in [-0.2, 0) is 17.7 Å². The van der Waals surface area contributed by atoms with Gasteiger partial charge in [0.05, 0.1) is 23.1 Å². The van der Waals surface area contributed by atoms with Crippen LogP contribution in [0, 0.1) is 5.92 Å². The highest BCUT2D eigenvalue weighted by molar-refractivity contribution is 5.94. The number of aryl methyl sites for hydroxylation is 1. The van der Waals surface area contributed by atoms with E-state index in [1.807, 2.05) is 13.8 Å². The van der Waals surface area contributed by atoms with Gasteiger partial charge in [0.2, 0.25) is 0 Å². The molecule has 21 heavy (non-hydrogen) atoms. The van der Waals surface area contributed by atoms with E-state index >= 15 is 0 Å². The van der Waals surface area contributed by atoms with Crippen molar-refractivity contribution in [1.29, 1.82) is 0 Å². The summed E-state index contributed by atoms with van der Waals surface area (Å²) in [5.41, 5.74) is 1.000. The Balaban J connectivity index is 1.99. The van der Waals surface area contributed by atoms with E-state index in [1.54, 1.807) is 22.8 Å². The van der Waals surface area contributed by atoms with Gasteiger partial charge < -0.3 is 4.74 Å². The molecule has 5 nitrogen and oxygen atoms in total. The zero-order chi connectivity index (χ0) is 15.0. The number of fused-ring (bicyclic) bond motifs is 2. The fourth-order valence-corrected chi connectivity index (χ4v) is 2.54. The molecule has 0 bridgehead atoms. The molecule has 0 radical (unpaired) electrons. The molecule has 2 heterocycles. The van der Waals surface area contributed by atoms with Crippen LogP contribution in [0.25, 0.3) is 10.9 Å². The molecule has 0 saturated heterocycles. The number of nitrogens with zero attached hydrogens (tertiary/aromatic N) is 2. The van der Waals surface area contributed by atoms with Crippen LogP contribution < -0.4 is 5.56 Å². The zero-order valence-electron chi connectivity index (χ0n) is 12.3. The largest absolute Gasteiger partial charge is 0.462 e. The maximum atomic E-state index is 12.3. The van der Waals surface area contributed by atoms with Crippen molar-refractivity contribution < 1.29 is 9.53 Å². The van der Waals surface area contributed by atoms with Crippen molar-refractivity contribution in [1.82, 2.24) is 9.55 Å². The number of carbonyl (C=O) groups is 1. The van der Waals surface area contributed by atoms with Crippen molar-refractivity contribution in [2.24, 2.45) is 5.92 Å². The number of benzene rings is 1. The van der Waals surface area contributed by atoms with Crippen LogP contribution in [-0.4, -0.2) is 22.1 Å². The van der Waals surface area contributed by atoms with E-state index in [9.17, 15) is 9.59 Å². The second-order valence-electron chi connectivity index (χ2n) is 5.81. The molecule has 1 aliphatic rings. The minimum Gasteiger partial charge on any atom is -0.462 e. The summed E-state index contributed by atoms with van der Waals surface area (Å²) >= 11 is 0. The highest BCUT2D eigenvalue weighted by Gasteiger charge is 2.17. The fraction of sp³-hybridized carbons (Fsp3) is 0.438. The molecule has 0 aliphatic carbocycles.